The number of aliphatic hydroxyl groups excluding tert-OH is 4. The second kappa shape index (κ2) is 9.50. The molecule has 3 saturated carbocycles. The molecule has 10 heteroatoms. The van der Waals surface area contributed by atoms with Gasteiger partial charge in [0.1, 0.15) is 24.9 Å². The van der Waals surface area contributed by atoms with E-state index in [1.54, 1.807) is 6.08 Å². The number of aliphatic carboxylic acids is 1. The van der Waals surface area contributed by atoms with Gasteiger partial charge in [-0.15, -0.1) is 0 Å². The number of allylic oxidation sites excluding steroid dienone is 1. The fourth-order valence-corrected chi connectivity index (χ4v) is 8.67. The summed E-state index contributed by atoms with van der Waals surface area (Å²) in [7, 11) is 0. The van der Waals surface area contributed by atoms with Crippen LogP contribution in [0.25, 0.3) is 0 Å². The van der Waals surface area contributed by atoms with Crippen LogP contribution in [0.2, 0.25) is 0 Å². The molecule has 0 aromatic carbocycles. The molecule has 1 aliphatic heterocycles. The van der Waals surface area contributed by atoms with Crippen LogP contribution >= 0.6 is 0 Å². The molecule has 1 heterocycles. The van der Waals surface area contributed by atoms with E-state index in [4.69, 9.17) is 9.47 Å². The van der Waals surface area contributed by atoms with Crippen molar-refractivity contribution in [1.29, 1.82) is 0 Å². The predicted molar refractivity (Wildman–Crippen MR) is 127 cm³/mol. The van der Waals surface area contributed by atoms with Crippen molar-refractivity contribution in [3.63, 3.8) is 0 Å². The van der Waals surface area contributed by atoms with Crippen LogP contribution in [-0.2, 0) is 23.9 Å². The minimum atomic E-state index is -1.83. The topological polar surface area (TPSA) is 171 Å². The molecule has 0 aromatic rings. The van der Waals surface area contributed by atoms with Crippen molar-refractivity contribution >= 4 is 17.5 Å². The molecule has 5 N–H and O–H groups in total. The van der Waals surface area contributed by atoms with Gasteiger partial charge in [0, 0.05) is 12.3 Å². The highest BCUT2D eigenvalue weighted by molar-refractivity contribution is 5.91. The van der Waals surface area contributed by atoms with Gasteiger partial charge in [-0.25, -0.2) is 4.79 Å². The summed E-state index contributed by atoms with van der Waals surface area (Å²) >= 11 is 0. The first kappa shape index (κ1) is 26.9. The van der Waals surface area contributed by atoms with Crippen LogP contribution in [0.15, 0.2) is 11.6 Å². The summed E-state index contributed by atoms with van der Waals surface area (Å²) in [6, 6.07) is 0. The van der Waals surface area contributed by atoms with E-state index in [1.807, 2.05) is 0 Å². The Balaban J connectivity index is 1.29. The average Bonchev–Trinajstić information content (AvgIpc) is 3.18. The number of aliphatic hydroxyl groups is 4. The van der Waals surface area contributed by atoms with Crippen molar-refractivity contribution in [1.82, 2.24) is 0 Å². The average molecular weight is 523 g/mol. The molecule has 5 rings (SSSR count). The van der Waals surface area contributed by atoms with E-state index in [0.29, 0.717) is 19.3 Å². The van der Waals surface area contributed by atoms with Crippen LogP contribution in [0.1, 0.15) is 58.8 Å². The van der Waals surface area contributed by atoms with Gasteiger partial charge in [0.2, 0.25) is 0 Å². The standard InChI is InChI=1S/C27H38O10/c1-26-8-7-13(28)9-12(26)3-4-14-15-5-6-16(27(15,2)10-17(29)19(14)26)18(30)11-36-25-22(33)20(31)21(32)23(37-25)24(34)35/h9,14-17,19-23,25,29,31-33H,3-8,10-11H2,1-2H3,(H,34,35)/t14-,15-,16+,17-,19+,20-,21-,22+,23-,25+,26-,27-/m0/s1. The van der Waals surface area contributed by atoms with Crippen LogP contribution < -0.4 is 0 Å². The van der Waals surface area contributed by atoms with Gasteiger partial charge in [0.25, 0.3) is 0 Å². The zero-order valence-electron chi connectivity index (χ0n) is 21.3. The van der Waals surface area contributed by atoms with Gasteiger partial charge >= 0.3 is 5.97 Å². The number of hydrogen-bond donors (Lipinski definition) is 5. The van der Waals surface area contributed by atoms with E-state index in [2.05, 4.69) is 13.8 Å². The van der Waals surface area contributed by atoms with Gasteiger partial charge < -0.3 is 35.0 Å². The minimum Gasteiger partial charge on any atom is -0.479 e. The zero-order valence-corrected chi connectivity index (χ0v) is 21.3. The molecular formula is C27H38O10. The number of carbonyl (C=O) groups excluding carboxylic acids is 2. The van der Waals surface area contributed by atoms with Gasteiger partial charge in [-0.05, 0) is 73.2 Å². The Bertz CT molecular complexity index is 994. The molecule has 37 heavy (non-hydrogen) atoms. The Morgan fingerprint density at radius 3 is 2.49 bits per heavy atom. The smallest absolute Gasteiger partial charge is 0.335 e. The van der Waals surface area contributed by atoms with Crippen LogP contribution in [0.3, 0.4) is 0 Å². The fourth-order valence-electron chi connectivity index (χ4n) is 8.67. The SMILES string of the molecule is C[C@]12C[C@H](O)[C@H]3[C@@H](CCC4=CC(=O)CC[C@@]43C)[C@@H]1CC[C@@H]2C(=O)CO[C@@H]1O[C@H](C(=O)O)[C@@H](O)[C@H](O)[C@H]1O. The number of ether oxygens (including phenoxy) is 2. The van der Waals surface area contributed by atoms with Crippen molar-refractivity contribution in [2.24, 2.45) is 34.5 Å². The van der Waals surface area contributed by atoms with E-state index in [1.165, 1.54) is 0 Å². The van der Waals surface area contributed by atoms with Crippen molar-refractivity contribution in [3.8, 4) is 0 Å². The monoisotopic (exact) mass is 522 g/mol. The molecule has 10 nitrogen and oxygen atoms in total. The van der Waals surface area contributed by atoms with Crippen molar-refractivity contribution in [2.45, 2.75) is 95.6 Å². The number of carboxylic acids is 1. The van der Waals surface area contributed by atoms with Crippen LogP contribution in [0.5, 0.6) is 0 Å². The number of carboxylic acid groups (broad SMARTS) is 1. The molecule has 4 aliphatic carbocycles. The van der Waals surface area contributed by atoms with Crippen LogP contribution in [0.4, 0.5) is 0 Å². The van der Waals surface area contributed by atoms with Gasteiger partial charge in [-0.3, -0.25) is 9.59 Å². The molecule has 4 fully saturated rings. The molecule has 0 unspecified atom stereocenters. The molecule has 0 amide bonds. The summed E-state index contributed by atoms with van der Waals surface area (Å²) in [5.41, 5.74) is 0.516. The molecule has 206 valence electrons. The maximum Gasteiger partial charge on any atom is 0.335 e. The van der Waals surface area contributed by atoms with E-state index in [-0.39, 0.29) is 40.7 Å². The third-order valence-electron chi connectivity index (χ3n) is 10.5. The Kier molecular flexibility index (Phi) is 6.90. The first-order valence-corrected chi connectivity index (χ1v) is 13.4. The highest BCUT2D eigenvalue weighted by Crippen LogP contribution is 2.66. The first-order valence-electron chi connectivity index (χ1n) is 13.4. The Hall–Kier alpha value is -1.69. The van der Waals surface area contributed by atoms with E-state index in [0.717, 1.165) is 31.3 Å². The lowest BCUT2D eigenvalue weighted by molar-refractivity contribution is -0.292. The number of fused-ring (bicyclic) bond motifs is 5. The summed E-state index contributed by atoms with van der Waals surface area (Å²) < 4.78 is 10.6. The third-order valence-corrected chi connectivity index (χ3v) is 10.5. The van der Waals surface area contributed by atoms with Crippen molar-refractivity contribution in [3.05, 3.63) is 11.6 Å². The summed E-state index contributed by atoms with van der Waals surface area (Å²) in [5, 5.41) is 50.8. The van der Waals surface area contributed by atoms with E-state index in [9.17, 15) is 39.9 Å². The first-order chi connectivity index (χ1) is 17.4. The molecule has 0 aromatic heterocycles. The maximum atomic E-state index is 13.4. The Morgan fingerprint density at radius 2 is 1.78 bits per heavy atom. The molecule has 5 aliphatic rings. The lowest BCUT2D eigenvalue weighted by Crippen LogP contribution is -2.60. The highest BCUT2D eigenvalue weighted by atomic mass is 16.7. The highest BCUT2D eigenvalue weighted by Gasteiger charge is 2.63. The second-order valence-electron chi connectivity index (χ2n) is 12.3. The summed E-state index contributed by atoms with van der Waals surface area (Å²) in [4.78, 5) is 36.8. The van der Waals surface area contributed by atoms with Crippen LogP contribution in [-0.4, -0.2) is 86.5 Å². The van der Waals surface area contributed by atoms with Crippen molar-refractivity contribution < 1.29 is 49.4 Å². The minimum absolute atomic E-state index is 0.0513. The normalized spacial score (nSPS) is 49.5. The number of ketones is 2. The van der Waals surface area contributed by atoms with E-state index >= 15 is 0 Å². The number of rotatable bonds is 5. The summed E-state index contributed by atoms with van der Waals surface area (Å²) in [5.74, 6) is -1.40. The molecular weight excluding hydrogens is 484 g/mol. The van der Waals surface area contributed by atoms with Gasteiger partial charge in [0.15, 0.2) is 24.0 Å². The van der Waals surface area contributed by atoms with E-state index < -0.39 is 54.8 Å². The summed E-state index contributed by atoms with van der Waals surface area (Å²) in [6.45, 7) is 3.81. The second-order valence-corrected chi connectivity index (χ2v) is 12.3. The molecule has 0 radical (unpaired) electrons. The molecule has 12 atom stereocenters. The summed E-state index contributed by atoms with van der Waals surface area (Å²) in [6.07, 6.45) is -2.58. The number of carbonyl (C=O) groups is 3. The molecule has 0 bridgehead atoms. The van der Waals surface area contributed by atoms with Crippen LogP contribution in [0, 0.1) is 34.5 Å². The quantitative estimate of drug-likeness (QED) is 0.344. The van der Waals surface area contributed by atoms with Gasteiger partial charge in [-0.1, -0.05) is 19.4 Å². The molecule has 1 saturated heterocycles. The number of Topliss-reactive ketones (excluding diaryl/α,β-unsaturated/α-hetero) is 1. The van der Waals surface area contributed by atoms with Crippen molar-refractivity contribution in [2.75, 3.05) is 6.61 Å². The lowest BCUT2D eigenvalue weighted by Gasteiger charge is -2.59. The predicted octanol–water partition coefficient (Wildman–Crippen LogP) is 0.583. The largest absolute Gasteiger partial charge is 0.479 e. The Labute approximate surface area is 215 Å². The number of hydrogen-bond acceptors (Lipinski definition) is 9. The van der Waals surface area contributed by atoms with Gasteiger partial charge in [0.05, 0.1) is 6.10 Å². The Morgan fingerprint density at radius 1 is 1.05 bits per heavy atom. The lowest BCUT2D eigenvalue weighted by atomic mass is 9.46. The van der Waals surface area contributed by atoms with Gasteiger partial charge in [-0.2, -0.15) is 0 Å². The molecule has 0 spiro atoms. The fraction of sp³-hybridized carbons (Fsp3) is 0.815. The zero-order chi connectivity index (χ0) is 26.9. The maximum absolute atomic E-state index is 13.4. The third kappa shape index (κ3) is 4.20.